The van der Waals surface area contributed by atoms with Crippen LogP contribution in [-0.2, 0) is 13.0 Å². The van der Waals surface area contributed by atoms with Crippen LogP contribution in [0.25, 0.3) is 0 Å². The van der Waals surface area contributed by atoms with Gasteiger partial charge >= 0.3 is 0 Å². The molecule has 0 saturated carbocycles. The van der Waals surface area contributed by atoms with Crippen molar-refractivity contribution in [1.82, 2.24) is 15.6 Å². The molecule has 27 heavy (non-hydrogen) atoms. The predicted octanol–water partition coefficient (Wildman–Crippen LogP) is 3.18. The van der Waals surface area contributed by atoms with Gasteiger partial charge in [0.25, 0.3) is 0 Å². The molecular formula is C21H30N4O2. The molecule has 0 aliphatic heterocycles. The molecule has 0 unspecified atom stereocenters. The van der Waals surface area contributed by atoms with Crippen molar-refractivity contribution in [3.63, 3.8) is 0 Å². The smallest absolute Gasteiger partial charge is 0.213 e. The van der Waals surface area contributed by atoms with E-state index in [1.54, 1.807) is 13.3 Å². The molecule has 1 heterocycles. The van der Waals surface area contributed by atoms with Gasteiger partial charge in [-0.2, -0.15) is 0 Å². The Morgan fingerprint density at radius 1 is 1.15 bits per heavy atom. The maximum atomic E-state index is 5.57. The fourth-order valence-corrected chi connectivity index (χ4v) is 2.55. The summed E-state index contributed by atoms with van der Waals surface area (Å²) in [5, 5.41) is 6.63. The molecule has 0 aliphatic carbocycles. The molecule has 0 bridgehead atoms. The van der Waals surface area contributed by atoms with Gasteiger partial charge in [0.15, 0.2) is 5.96 Å². The molecule has 0 fully saturated rings. The number of nitrogens with zero attached hydrogens (tertiary/aromatic N) is 2. The molecule has 2 rings (SSSR count). The average Bonchev–Trinajstić information content (AvgIpc) is 2.67. The molecule has 146 valence electrons. The molecule has 0 radical (unpaired) electrons. The predicted molar refractivity (Wildman–Crippen MR) is 110 cm³/mol. The van der Waals surface area contributed by atoms with Crippen molar-refractivity contribution in [3.8, 4) is 11.6 Å². The van der Waals surface area contributed by atoms with Crippen LogP contribution in [0.5, 0.6) is 11.6 Å². The minimum Gasteiger partial charge on any atom is -0.496 e. The number of pyridine rings is 1. The van der Waals surface area contributed by atoms with Gasteiger partial charge in [0.2, 0.25) is 5.88 Å². The van der Waals surface area contributed by atoms with Crippen molar-refractivity contribution in [2.45, 2.75) is 39.8 Å². The van der Waals surface area contributed by atoms with Crippen molar-refractivity contribution >= 4 is 5.96 Å². The summed E-state index contributed by atoms with van der Waals surface area (Å²) < 4.78 is 11.0. The number of guanidine groups is 1. The third kappa shape index (κ3) is 7.17. The molecular weight excluding hydrogens is 340 g/mol. The lowest BCUT2D eigenvalue weighted by Gasteiger charge is -2.13. The molecule has 1 aromatic heterocycles. The lowest BCUT2D eigenvalue weighted by Crippen LogP contribution is -2.38. The third-order valence-electron chi connectivity index (χ3n) is 3.80. The van der Waals surface area contributed by atoms with Crippen molar-refractivity contribution in [1.29, 1.82) is 0 Å². The van der Waals surface area contributed by atoms with E-state index < -0.39 is 0 Å². The standard InChI is InChI=1S/C21H30N4O2/c1-5-22-21(23-13-12-18-8-6-7-9-19(18)26-4)25-15-17-10-11-20(24-14-17)27-16(2)3/h6-11,14,16H,5,12-13,15H2,1-4H3,(H2,22,23,25). The Hall–Kier alpha value is -2.76. The number of rotatable bonds is 9. The maximum Gasteiger partial charge on any atom is 0.213 e. The second-order valence-corrected chi connectivity index (χ2v) is 6.36. The summed E-state index contributed by atoms with van der Waals surface area (Å²) in [5.41, 5.74) is 2.21. The first kappa shape index (κ1) is 20.6. The van der Waals surface area contributed by atoms with E-state index in [9.17, 15) is 0 Å². The van der Waals surface area contributed by atoms with Crippen LogP contribution in [0.4, 0.5) is 0 Å². The Morgan fingerprint density at radius 2 is 1.96 bits per heavy atom. The fourth-order valence-electron chi connectivity index (χ4n) is 2.55. The van der Waals surface area contributed by atoms with Gasteiger partial charge < -0.3 is 20.1 Å². The van der Waals surface area contributed by atoms with Crippen LogP contribution in [0.2, 0.25) is 0 Å². The second kappa shape index (κ2) is 11.1. The molecule has 2 N–H and O–H groups in total. The van der Waals surface area contributed by atoms with Gasteiger partial charge in [0, 0.05) is 25.4 Å². The zero-order chi connectivity index (χ0) is 19.5. The van der Waals surface area contributed by atoms with E-state index >= 15 is 0 Å². The first-order chi connectivity index (χ1) is 13.1. The summed E-state index contributed by atoms with van der Waals surface area (Å²) >= 11 is 0. The first-order valence-corrected chi connectivity index (χ1v) is 9.38. The summed E-state index contributed by atoms with van der Waals surface area (Å²) in [7, 11) is 1.70. The maximum absolute atomic E-state index is 5.57. The Morgan fingerprint density at radius 3 is 2.63 bits per heavy atom. The van der Waals surface area contributed by atoms with E-state index in [-0.39, 0.29) is 6.10 Å². The molecule has 0 atom stereocenters. The third-order valence-corrected chi connectivity index (χ3v) is 3.80. The highest BCUT2D eigenvalue weighted by Gasteiger charge is 2.03. The lowest BCUT2D eigenvalue weighted by molar-refractivity contribution is 0.232. The number of aromatic nitrogens is 1. The quantitative estimate of drug-likeness (QED) is 0.524. The van der Waals surface area contributed by atoms with Gasteiger partial charge in [-0.25, -0.2) is 9.98 Å². The van der Waals surface area contributed by atoms with Gasteiger partial charge in [0.05, 0.1) is 19.8 Å². The molecule has 6 heteroatoms. The summed E-state index contributed by atoms with van der Waals surface area (Å²) in [6, 6.07) is 11.9. The van der Waals surface area contributed by atoms with Crippen LogP contribution in [0.15, 0.2) is 47.6 Å². The highest BCUT2D eigenvalue weighted by Crippen LogP contribution is 2.17. The van der Waals surface area contributed by atoms with Crippen LogP contribution in [0.1, 0.15) is 31.9 Å². The highest BCUT2D eigenvalue weighted by molar-refractivity contribution is 5.79. The molecule has 0 spiro atoms. The molecule has 0 amide bonds. The number of ether oxygens (including phenoxy) is 2. The zero-order valence-corrected chi connectivity index (χ0v) is 16.7. The minimum absolute atomic E-state index is 0.120. The normalized spacial score (nSPS) is 11.4. The monoisotopic (exact) mass is 370 g/mol. The topological polar surface area (TPSA) is 67.8 Å². The molecule has 6 nitrogen and oxygen atoms in total. The lowest BCUT2D eigenvalue weighted by atomic mass is 10.1. The zero-order valence-electron chi connectivity index (χ0n) is 16.7. The van der Waals surface area contributed by atoms with E-state index in [0.717, 1.165) is 36.8 Å². The molecule has 1 aromatic carbocycles. The molecule has 0 saturated heterocycles. The van der Waals surface area contributed by atoms with Crippen molar-refractivity contribution in [3.05, 3.63) is 53.7 Å². The van der Waals surface area contributed by atoms with Crippen molar-refractivity contribution in [2.75, 3.05) is 20.2 Å². The van der Waals surface area contributed by atoms with E-state index in [1.165, 1.54) is 5.56 Å². The number of hydrogen-bond donors (Lipinski definition) is 2. The Bertz CT molecular complexity index is 714. The molecule has 2 aromatic rings. The van der Waals surface area contributed by atoms with Crippen molar-refractivity contribution in [2.24, 2.45) is 4.99 Å². The van der Waals surface area contributed by atoms with E-state index in [4.69, 9.17) is 9.47 Å². The number of benzene rings is 1. The Kier molecular flexibility index (Phi) is 8.42. The number of nitrogens with one attached hydrogen (secondary N) is 2. The van der Waals surface area contributed by atoms with Crippen molar-refractivity contribution < 1.29 is 9.47 Å². The Labute approximate surface area is 162 Å². The number of methoxy groups -OCH3 is 1. The average molecular weight is 370 g/mol. The van der Waals surface area contributed by atoms with Crippen LogP contribution < -0.4 is 20.1 Å². The van der Waals surface area contributed by atoms with Gasteiger partial charge in [-0.1, -0.05) is 24.3 Å². The highest BCUT2D eigenvalue weighted by atomic mass is 16.5. The first-order valence-electron chi connectivity index (χ1n) is 9.38. The number of aliphatic imine (C=N–C) groups is 1. The van der Waals surface area contributed by atoms with Gasteiger partial charge in [0.1, 0.15) is 5.75 Å². The van der Waals surface area contributed by atoms with E-state index in [0.29, 0.717) is 12.4 Å². The van der Waals surface area contributed by atoms with Crippen LogP contribution in [0.3, 0.4) is 0 Å². The summed E-state index contributed by atoms with van der Waals surface area (Å²) in [4.78, 5) is 8.95. The summed E-state index contributed by atoms with van der Waals surface area (Å²) in [6.07, 6.45) is 2.78. The van der Waals surface area contributed by atoms with Crippen LogP contribution in [-0.4, -0.2) is 37.2 Å². The largest absolute Gasteiger partial charge is 0.496 e. The summed E-state index contributed by atoms with van der Waals surface area (Å²) in [6.45, 7) is 8.15. The fraction of sp³-hybridized carbons (Fsp3) is 0.429. The van der Waals surface area contributed by atoms with Gasteiger partial charge in [-0.05, 0) is 44.4 Å². The number of para-hydroxylation sites is 1. The minimum atomic E-state index is 0.120. The Balaban J connectivity index is 1.89. The van der Waals surface area contributed by atoms with E-state index in [1.807, 2.05) is 44.2 Å². The second-order valence-electron chi connectivity index (χ2n) is 6.36. The SMILES string of the molecule is CCNC(=NCc1ccc(OC(C)C)nc1)NCCc1ccccc1OC. The van der Waals surface area contributed by atoms with Gasteiger partial charge in [-0.15, -0.1) is 0 Å². The summed E-state index contributed by atoms with van der Waals surface area (Å²) in [5.74, 6) is 2.34. The van der Waals surface area contributed by atoms with E-state index in [2.05, 4.69) is 33.6 Å². The van der Waals surface area contributed by atoms with Gasteiger partial charge in [-0.3, -0.25) is 0 Å². The molecule has 0 aliphatic rings. The van der Waals surface area contributed by atoms with Crippen LogP contribution >= 0.6 is 0 Å². The number of hydrogen-bond acceptors (Lipinski definition) is 4. The van der Waals surface area contributed by atoms with Crippen LogP contribution in [0, 0.1) is 0 Å².